The first-order valence-electron chi connectivity index (χ1n) is 6.64. The Bertz CT molecular complexity index is 390. The van der Waals surface area contributed by atoms with Gasteiger partial charge in [-0.2, -0.15) is 0 Å². The molecule has 1 heterocycles. The number of hydrogen-bond acceptors (Lipinski definition) is 4. The number of ether oxygens (including phenoxy) is 1. The van der Waals surface area contributed by atoms with Crippen molar-refractivity contribution in [1.82, 2.24) is 10.3 Å². The second kappa shape index (κ2) is 7.74. The Balaban J connectivity index is 2.39. The van der Waals surface area contributed by atoms with Gasteiger partial charge in [-0.25, -0.2) is 0 Å². The van der Waals surface area contributed by atoms with Crippen molar-refractivity contribution >= 4 is 5.91 Å². The minimum atomic E-state index is -0.117. The number of pyridine rings is 1. The molecule has 106 valence electrons. The summed E-state index contributed by atoms with van der Waals surface area (Å²) in [5, 5.41) is 2.84. The monoisotopic (exact) mass is 265 g/mol. The number of rotatable bonds is 7. The van der Waals surface area contributed by atoms with Gasteiger partial charge < -0.3 is 15.8 Å². The molecule has 0 aliphatic carbocycles. The lowest BCUT2D eigenvalue weighted by Crippen LogP contribution is -2.35. The molecule has 0 aromatic carbocycles. The predicted octanol–water partition coefficient (Wildman–Crippen LogP) is 1.26. The molecular formula is C14H23N3O2. The molecule has 0 aliphatic heterocycles. The van der Waals surface area contributed by atoms with Crippen LogP contribution in [0.25, 0.3) is 0 Å². The maximum Gasteiger partial charge on any atom is 0.258 e. The summed E-state index contributed by atoms with van der Waals surface area (Å²) in [7, 11) is 0. The highest BCUT2D eigenvalue weighted by Gasteiger charge is 2.06. The zero-order valence-electron chi connectivity index (χ0n) is 11.8. The highest BCUT2D eigenvalue weighted by atomic mass is 16.5. The Hall–Kier alpha value is -1.62. The van der Waals surface area contributed by atoms with E-state index in [0.29, 0.717) is 5.75 Å². The number of nitrogens with one attached hydrogen (secondary N) is 1. The normalized spacial score (nSPS) is 13.7. The zero-order chi connectivity index (χ0) is 14.3. The molecule has 2 atom stereocenters. The largest absolute Gasteiger partial charge is 0.482 e. The third-order valence-electron chi connectivity index (χ3n) is 2.72. The molecular weight excluding hydrogens is 242 g/mol. The molecule has 0 saturated carbocycles. The lowest BCUT2D eigenvalue weighted by molar-refractivity contribution is -0.123. The van der Waals surface area contributed by atoms with E-state index in [2.05, 4.69) is 10.3 Å². The maximum atomic E-state index is 11.5. The van der Waals surface area contributed by atoms with Crippen molar-refractivity contribution in [2.75, 3.05) is 6.61 Å². The van der Waals surface area contributed by atoms with Gasteiger partial charge in [0.15, 0.2) is 6.61 Å². The fraction of sp³-hybridized carbons (Fsp3) is 0.571. The molecule has 1 amide bonds. The molecule has 1 rings (SSSR count). The molecule has 3 N–H and O–H groups in total. The summed E-state index contributed by atoms with van der Waals surface area (Å²) in [5.74, 6) is 0.474. The number of amides is 1. The number of nitrogens with two attached hydrogens (primary N) is 1. The van der Waals surface area contributed by atoms with Gasteiger partial charge in [-0.05, 0) is 32.4 Å². The van der Waals surface area contributed by atoms with Crippen molar-refractivity contribution in [3.05, 3.63) is 24.0 Å². The first kappa shape index (κ1) is 15.4. The topological polar surface area (TPSA) is 77.2 Å². The van der Waals surface area contributed by atoms with Crippen molar-refractivity contribution in [3.8, 4) is 5.75 Å². The molecule has 5 heteroatoms. The average molecular weight is 265 g/mol. The van der Waals surface area contributed by atoms with E-state index >= 15 is 0 Å². The third-order valence-corrected chi connectivity index (χ3v) is 2.72. The standard InChI is InChI=1S/C14H23N3O2/c1-4-11(3)17-14(18)9-19-13-6-5-12(16-8-13)7-10(2)15/h5-6,8,10-11H,4,7,9,15H2,1-3H3,(H,17,18). The van der Waals surface area contributed by atoms with Crippen LogP contribution in [-0.4, -0.2) is 29.6 Å². The maximum absolute atomic E-state index is 11.5. The molecule has 0 aliphatic rings. The number of hydrogen-bond donors (Lipinski definition) is 2. The number of nitrogens with zero attached hydrogens (tertiary/aromatic N) is 1. The highest BCUT2D eigenvalue weighted by Crippen LogP contribution is 2.09. The van der Waals surface area contributed by atoms with Crippen molar-refractivity contribution < 1.29 is 9.53 Å². The molecule has 0 fully saturated rings. The van der Waals surface area contributed by atoms with Crippen LogP contribution in [0.4, 0.5) is 0 Å². The van der Waals surface area contributed by atoms with E-state index in [1.807, 2.05) is 26.8 Å². The van der Waals surface area contributed by atoms with Crippen molar-refractivity contribution in [1.29, 1.82) is 0 Å². The van der Waals surface area contributed by atoms with E-state index in [1.54, 1.807) is 12.3 Å². The molecule has 1 aromatic heterocycles. The van der Waals surface area contributed by atoms with Crippen LogP contribution in [0.15, 0.2) is 18.3 Å². The van der Waals surface area contributed by atoms with Crippen LogP contribution in [0.1, 0.15) is 32.9 Å². The second-order valence-electron chi connectivity index (χ2n) is 4.83. The molecule has 0 bridgehead atoms. The summed E-state index contributed by atoms with van der Waals surface area (Å²) in [4.78, 5) is 15.8. The quantitative estimate of drug-likeness (QED) is 0.778. The molecule has 0 saturated heterocycles. The van der Waals surface area contributed by atoms with Gasteiger partial charge in [-0.15, -0.1) is 0 Å². The van der Waals surface area contributed by atoms with Gasteiger partial charge in [0.2, 0.25) is 0 Å². The van der Waals surface area contributed by atoms with Crippen molar-refractivity contribution in [2.24, 2.45) is 5.73 Å². The van der Waals surface area contributed by atoms with Gasteiger partial charge in [0.1, 0.15) is 5.75 Å². The summed E-state index contributed by atoms with van der Waals surface area (Å²) in [5.41, 5.74) is 6.62. The average Bonchev–Trinajstić information content (AvgIpc) is 2.37. The Labute approximate surface area is 114 Å². The van der Waals surface area contributed by atoms with E-state index in [0.717, 1.165) is 18.5 Å². The van der Waals surface area contributed by atoms with Crippen molar-refractivity contribution in [2.45, 2.75) is 45.7 Å². The minimum Gasteiger partial charge on any atom is -0.482 e. The smallest absolute Gasteiger partial charge is 0.258 e. The van der Waals surface area contributed by atoms with E-state index < -0.39 is 0 Å². The van der Waals surface area contributed by atoms with Crippen LogP contribution in [0.3, 0.4) is 0 Å². The minimum absolute atomic E-state index is 0.0126. The van der Waals surface area contributed by atoms with Crippen LogP contribution >= 0.6 is 0 Å². The lowest BCUT2D eigenvalue weighted by atomic mass is 10.2. The summed E-state index contributed by atoms with van der Waals surface area (Å²) < 4.78 is 5.37. The van der Waals surface area contributed by atoms with Gasteiger partial charge in [-0.1, -0.05) is 6.92 Å². The van der Waals surface area contributed by atoms with Crippen LogP contribution in [0, 0.1) is 0 Å². The number of carbonyl (C=O) groups excluding carboxylic acids is 1. The second-order valence-corrected chi connectivity index (χ2v) is 4.83. The summed E-state index contributed by atoms with van der Waals surface area (Å²) in [6.45, 7) is 5.93. The summed E-state index contributed by atoms with van der Waals surface area (Å²) >= 11 is 0. The fourth-order valence-electron chi connectivity index (χ4n) is 1.51. The molecule has 1 aromatic rings. The number of aromatic nitrogens is 1. The van der Waals surface area contributed by atoms with E-state index in [9.17, 15) is 4.79 Å². The molecule has 5 nitrogen and oxygen atoms in total. The van der Waals surface area contributed by atoms with E-state index in [-0.39, 0.29) is 24.6 Å². The lowest BCUT2D eigenvalue weighted by Gasteiger charge is -2.12. The van der Waals surface area contributed by atoms with Gasteiger partial charge >= 0.3 is 0 Å². The van der Waals surface area contributed by atoms with Crippen LogP contribution in [-0.2, 0) is 11.2 Å². The predicted molar refractivity (Wildman–Crippen MR) is 75.0 cm³/mol. The highest BCUT2D eigenvalue weighted by molar-refractivity contribution is 5.77. The fourth-order valence-corrected chi connectivity index (χ4v) is 1.51. The van der Waals surface area contributed by atoms with Crippen LogP contribution in [0.2, 0.25) is 0 Å². The summed E-state index contributed by atoms with van der Waals surface area (Å²) in [6.07, 6.45) is 3.25. The Morgan fingerprint density at radius 2 is 2.21 bits per heavy atom. The van der Waals surface area contributed by atoms with Gasteiger partial charge in [0.05, 0.1) is 6.20 Å². The first-order chi connectivity index (χ1) is 9.01. The van der Waals surface area contributed by atoms with Crippen LogP contribution < -0.4 is 15.8 Å². The Kier molecular flexibility index (Phi) is 6.29. The Morgan fingerprint density at radius 3 is 2.74 bits per heavy atom. The van der Waals surface area contributed by atoms with E-state index in [4.69, 9.17) is 10.5 Å². The van der Waals surface area contributed by atoms with Gasteiger partial charge in [-0.3, -0.25) is 9.78 Å². The third kappa shape index (κ3) is 6.20. The van der Waals surface area contributed by atoms with Gasteiger partial charge in [0.25, 0.3) is 5.91 Å². The SMILES string of the molecule is CCC(C)NC(=O)COc1ccc(CC(C)N)nc1. The summed E-state index contributed by atoms with van der Waals surface area (Å²) in [6, 6.07) is 3.93. The zero-order valence-corrected chi connectivity index (χ0v) is 11.8. The Morgan fingerprint density at radius 1 is 1.47 bits per heavy atom. The van der Waals surface area contributed by atoms with E-state index in [1.165, 1.54) is 0 Å². The number of carbonyl (C=O) groups is 1. The molecule has 0 spiro atoms. The first-order valence-corrected chi connectivity index (χ1v) is 6.64. The van der Waals surface area contributed by atoms with Gasteiger partial charge in [0, 0.05) is 24.2 Å². The van der Waals surface area contributed by atoms with Crippen LogP contribution in [0.5, 0.6) is 5.75 Å². The molecule has 2 unspecified atom stereocenters. The molecule has 19 heavy (non-hydrogen) atoms. The van der Waals surface area contributed by atoms with Crippen molar-refractivity contribution in [3.63, 3.8) is 0 Å². The molecule has 0 radical (unpaired) electrons.